The maximum Gasteiger partial charge on any atom is 0.0856 e. The van der Waals surface area contributed by atoms with Gasteiger partial charge in [-0.1, -0.05) is 6.92 Å². The molecule has 0 saturated carbocycles. The summed E-state index contributed by atoms with van der Waals surface area (Å²) in [6.07, 6.45) is 8.33. The predicted octanol–water partition coefficient (Wildman–Crippen LogP) is -0.646. The van der Waals surface area contributed by atoms with Gasteiger partial charge in [-0.3, -0.25) is 6.08 Å². The van der Waals surface area contributed by atoms with Crippen LogP contribution in [0.15, 0.2) is 17.7 Å². The molecule has 0 radical (unpaired) electrons. The number of aliphatic hydroxyl groups is 3. The van der Waals surface area contributed by atoms with Crippen molar-refractivity contribution in [2.75, 3.05) is 19.8 Å². The van der Waals surface area contributed by atoms with Crippen molar-refractivity contribution in [1.29, 1.82) is 0 Å². The Kier molecular flexibility index (Phi) is 11.1. The Morgan fingerprint density at radius 3 is 1.87 bits per heavy atom. The van der Waals surface area contributed by atoms with E-state index in [1.807, 2.05) is 0 Å². The molecule has 1 aliphatic rings. The molecule has 0 heterocycles. The number of allylic oxidation sites excluding steroid dienone is 4. The fourth-order valence-corrected chi connectivity index (χ4v) is 0.665. The number of hydrogen-bond acceptors (Lipinski definition) is 4. The van der Waals surface area contributed by atoms with Crippen LogP contribution < -0.4 is 5.73 Å². The summed E-state index contributed by atoms with van der Waals surface area (Å²) < 4.78 is 0. The van der Waals surface area contributed by atoms with Crippen molar-refractivity contribution in [2.24, 2.45) is 5.73 Å². The molecule has 0 unspecified atom stereocenters. The summed E-state index contributed by atoms with van der Waals surface area (Å²) in [5, 5.41) is 25.0. The fraction of sp³-hybridized carbons (Fsp3) is 0.600. The van der Waals surface area contributed by atoms with Gasteiger partial charge in [0, 0.05) is 26.2 Å². The molecule has 0 spiro atoms. The van der Waals surface area contributed by atoms with Crippen LogP contribution in [0, 0.1) is 6.08 Å². The van der Waals surface area contributed by atoms with Gasteiger partial charge in [0.25, 0.3) is 0 Å². The molecule has 1 rings (SSSR count). The van der Waals surface area contributed by atoms with Crippen LogP contribution in [0.4, 0.5) is 0 Å². The molecular weight excluding hydrogens is 273 g/mol. The molecule has 1 aliphatic carbocycles. The molecule has 0 aliphatic heterocycles. The Balaban J connectivity index is 0. The second-order valence-electron chi connectivity index (χ2n) is 3.30. The Morgan fingerprint density at radius 2 is 1.80 bits per heavy atom. The van der Waals surface area contributed by atoms with E-state index in [0.29, 0.717) is 0 Å². The van der Waals surface area contributed by atoms with Gasteiger partial charge in [-0.2, -0.15) is 6.08 Å². The average molecular weight is 291 g/mol. The summed E-state index contributed by atoms with van der Waals surface area (Å²) in [5.41, 5.74) is 5.21. The summed E-state index contributed by atoms with van der Waals surface area (Å²) in [5.74, 6) is 0. The van der Waals surface area contributed by atoms with Crippen LogP contribution in [-0.4, -0.2) is 40.7 Å². The quantitative estimate of drug-likeness (QED) is 0.521. The molecule has 0 aromatic heterocycles. The second kappa shape index (κ2) is 9.43. The van der Waals surface area contributed by atoms with E-state index in [9.17, 15) is 0 Å². The Bertz CT molecular complexity index is 202. The van der Waals surface area contributed by atoms with Crippen LogP contribution in [0.3, 0.4) is 0 Å². The van der Waals surface area contributed by atoms with Crippen LogP contribution in [0.5, 0.6) is 0 Å². The Morgan fingerprint density at radius 1 is 1.33 bits per heavy atom. The largest absolute Gasteiger partial charge is 0.394 e. The van der Waals surface area contributed by atoms with Crippen molar-refractivity contribution in [3.05, 3.63) is 23.8 Å². The smallest absolute Gasteiger partial charge is 0.0856 e. The summed E-state index contributed by atoms with van der Waals surface area (Å²) in [6.45, 7) is 0.851. The molecular formula is C10H18NO3Zr-. The van der Waals surface area contributed by atoms with Gasteiger partial charge in [0.05, 0.1) is 25.4 Å². The van der Waals surface area contributed by atoms with Crippen molar-refractivity contribution < 1.29 is 41.5 Å². The number of hydrogen-bond donors (Lipinski definition) is 4. The zero-order valence-corrected chi connectivity index (χ0v) is 11.4. The standard InChI is InChI=1S/C6H7.C4H11NO3.Zr/c1-6-4-2-3-5-6;5-4(1-6,2-7)3-8;/h2,4H,3H2,1H3;6-8H,1-3,5H2;/q-1;;. The summed E-state index contributed by atoms with van der Waals surface area (Å²) >= 11 is 0. The molecule has 0 aromatic rings. The molecule has 0 fully saturated rings. The minimum atomic E-state index is -1.21. The predicted molar refractivity (Wildman–Crippen MR) is 54.4 cm³/mol. The maximum absolute atomic E-state index is 8.34. The summed E-state index contributed by atoms with van der Waals surface area (Å²) in [4.78, 5) is 0. The fourth-order valence-electron chi connectivity index (χ4n) is 0.665. The van der Waals surface area contributed by atoms with Crippen LogP contribution in [0.2, 0.25) is 0 Å². The molecule has 0 amide bonds. The maximum atomic E-state index is 8.34. The Hall–Kier alpha value is 0.203. The first-order chi connectivity index (χ1) is 6.58. The first-order valence-electron chi connectivity index (χ1n) is 4.43. The van der Waals surface area contributed by atoms with Crippen molar-refractivity contribution >= 4 is 0 Å². The van der Waals surface area contributed by atoms with Gasteiger partial charge >= 0.3 is 0 Å². The van der Waals surface area contributed by atoms with E-state index in [1.165, 1.54) is 5.57 Å². The SMILES string of the molecule is CC1=[C-]CC=C1.NC(CO)(CO)CO.[Zr]. The van der Waals surface area contributed by atoms with Crippen molar-refractivity contribution in [2.45, 2.75) is 18.9 Å². The molecule has 15 heavy (non-hydrogen) atoms. The molecule has 0 saturated heterocycles. The minimum absolute atomic E-state index is 0. The topological polar surface area (TPSA) is 86.7 Å². The first-order valence-corrected chi connectivity index (χ1v) is 4.43. The van der Waals surface area contributed by atoms with Gasteiger partial charge in [-0.15, -0.1) is 6.42 Å². The normalized spacial score (nSPS) is 13.8. The van der Waals surface area contributed by atoms with Crippen molar-refractivity contribution in [3.63, 3.8) is 0 Å². The van der Waals surface area contributed by atoms with Crippen molar-refractivity contribution in [1.82, 2.24) is 0 Å². The number of rotatable bonds is 3. The van der Waals surface area contributed by atoms with Gasteiger partial charge in [0.1, 0.15) is 0 Å². The molecule has 0 atom stereocenters. The zero-order valence-electron chi connectivity index (χ0n) is 8.90. The third-order valence-corrected chi connectivity index (χ3v) is 1.81. The van der Waals surface area contributed by atoms with E-state index in [2.05, 4.69) is 25.2 Å². The van der Waals surface area contributed by atoms with E-state index in [-0.39, 0.29) is 26.2 Å². The van der Waals surface area contributed by atoms with Gasteiger partial charge in [0.15, 0.2) is 0 Å². The van der Waals surface area contributed by atoms with E-state index < -0.39 is 25.4 Å². The van der Waals surface area contributed by atoms with Gasteiger partial charge in [-0.25, -0.2) is 11.6 Å². The van der Waals surface area contributed by atoms with Gasteiger partial charge in [0.2, 0.25) is 0 Å². The van der Waals surface area contributed by atoms with E-state index in [4.69, 9.17) is 21.1 Å². The molecule has 86 valence electrons. The molecule has 4 nitrogen and oxygen atoms in total. The average Bonchev–Trinajstić information content (AvgIpc) is 2.69. The Labute approximate surface area is 110 Å². The second-order valence-corrected chi connectivity index (χ2v) is 3.30. The molecule has 5 heteroatoms. The molecule has 5 N–H and O–H groups in total. The minimum Gasteiger partial charge on any atom is -0.394 e. The van der Waals surface area contributed by atoms with E-state index in [0.717, 1.165) is 6.42 Å². The number of nitrogens with two attached hydrogens (primary N) is 1. The summed E-state index contributed by atoms with van der Waals surface area (Å²) in [7, 11) is 0. The van der Waals surface area contributed by atoms with Crippen LogP contribution in [-0.2, 0) is 26.2 Å². The summed E-state index contributed by atoms with van der Waals surface area (Å²) in [6, 6.07) is 0. The first kappa shape index (κ1) is 17.6. The third-order valence-electron chi connectivity index (χ3n) is 1.81. The van der Waals surface area contributed by atoms with E-state index in [1.54, 1.807) is 0 Å². The van der Waals surface area contributed by atoms with Crippen molar-refractivity contribution in [3.8, 4) is 0 Å². The van der Waals surface area contributed by atoms with Gasteiger partial charge in [-0.05, 0) is 0 Å². The third kappa shape index (κ3) is 8.06. The zero-order chi connectivity index (χ0) is 11.0. The van der Waals surface area contributed by atoms with Crippen LogP contribution >= 0.6 is 0 Å². The monoisotopic (exact) mass is 290 g/mol. The van der Waals surface area contributed by atoms with Gasteiger partial charge < -0.3 is 21.1 Å². The van der Waals surface area contributed by atoms with Crippen LogP contribution in [0.1, 0.15) is 13.3 Å². The molecule has 0 aromatic carbocycles. The van der Waals surface area contributed by atoms with E-state index >= 15 is 0 Å². The van der Waals surface area contributed by atoms with Crippen LogP contribution in [0.25, 0.3) is 0 Å². The number of aliphatic hydroxyl groups excluding tert-OH is 3. The molecule has 0 bridgehead atoms.